The van der Waals surface area contributed by atoms with Gasteiger partial charge in [-0.2, -0.15) is 0 Å². The zero-order valence-corrected chi connectivity index (χ0v) is 21.4. The summed E-state index contributed by atoms with van der Waals surface area (Å²) < 4.78 is 13.9. The van der Waals surface area contributed by atoms with Gasteiger partial charge in [-0.15, -0.1) is 0 Å². The van der Waals surface area contributed by atoms with Gasteiger partial charge in [-0.3, -0.25) is 4.79 Å². The van der Waals surface area contributed by atoms with Crippen LogP contribution in [-0.4, -0.2) is 27.6 Å². The number of nitrogens with two attached hydrogens (primary N) is 1. The van der Waals surface area contributed by atoms with Gasteiger partial charge in [0.15, 0.2) is 11.5 Å². The van der Waals surface area contributed by atoms with Gasteiger partial charge in [-0.1, -0.05) is 36.9 Å². The Kier molecular flexibility index (Phi) is 6.53. The number of methoxy groups -OCH3 is 1. The SMILES string of the molecule is C=CC(=O)Nc1ccc(-c2c(-c3ccc(Oc4cccc(C)c4)c(OC)c3)c3c(N)ncnc3n2C)cc1. The summed E-state index contributed by atoms with van der Waals surface area (Å²) in [6.45, 7) is 5.51. The summed E-state index contributed by atoms with van der Waals surface area (Å²) in [6, 6.07) is 21.2. The molecule has 0 atom stereocenters. The number of amides is 1. The van der Waals surface area contributed by atoms with E-state index < -0.39 is 0 Å². The Morgan fingerprint density at radius 3 is 2.50 bits per heavy atom. The minimum absolute atomic E-state index is 0.272. The van der Waals surface area contributed by atoms with Crippen LogP contribution in [0.5, 0.6) is 17.2 Å². The molecule has 3 N–H and O–H groups in total. The fraction of sp³-hybridized carbons (Fsp3) is 0.100. The van der Waals surface area contributed by atoms with Crippen LogP contribution in [0.2, 0.25) is 0 Å². The maximum atomic E-state index is 11.7. The number of hydrogen-bond donors (Lipinski definition) is 2. The lowest BCUT2D eigenvalue weighted by Gasteiger charge is -2.14. The summed E-state index contributed by atoms with van der Waals surface area (Å²) in [7, 11) is 3.55. The maximum absolute atomic E-state index is 11.7. The van der Waals surface area contributed by atoms with Gasteiger partial charge in [0, 0.05) is 18.3 Å². The molecule has 8 nitrogen and oxygen atoms in total. The van der Waals surface area contributed by atoms with Crippen molar-refractivity contribution >= 4 is 28.4 Å². The highest BCUT2D eigenvalue weighted by molar-refractivity contribution is 6.08. The second kappa shape index (κ2) is 10.1. The van der Waals surface area contributed by atoms with Crippen LogP contribution < -0.4 is 20.5 Å². The highest BCUT2D eigenvalue weighted by atomic mass is 16.5. The van der Waals surface area contributed by atoms with Crippen LogP contribution in [0.3, 0.4) is 0 Å². The molecule has 2 heterocycles. The summed E-state index contributed by atoms with van der Waals surface area (Å²) >= 11 is 0. The minimum Gasteiger partial charge on any atom is -0.493 e. The zero-order valence-electron chi connectivity index (χ0n) is 21.4. The number of rotatable bonds is 7. The third-order valence-electron chi connectivity index (χ3n) is 6.28. The van der Waals surface area contributed by atoms with Crippen molar-refractivity contribution in [1.82, 2.24) is 14.5 Å². The van der Waals surface area contributed by atoms with E-state index in [-0.39, 0.29) is 5.91 Å². The highest BCUT2D eigenvalue weighted by Crippen LogP contribution is 2.44. The summed E-state index contributed by atoms with van der Waals surface area (Å²) in [5.41, 5.74) is 12.4. The number of nitrogen functional groups attached to an aromatic ring is 1. The van der Waals surface area contributed by atoms with Crippen LogP contribution >= 0.6 is 0 Å². The van der Waals surface area contributed by atoms with Crippen molar-refractivity contribution in [2.24, 2.45) is 7.05 Å². The number of benzene rings is 3. The van der Waals surface area contributed by atoms with Gasteiger partial charge in [0.1, 0.15) is 23.5 Å². The van der Waals surface area contributed by atoms with Gasteiger partial charge in [-0.05, 0) is 66.1 Å². The maximum Gasteiger partial charge on any atom is 0.247 e. The molecular formula is C30H27N5O3. The molecule has 0 saturated carbocycles. The Bertz CT molecular complexity index is 1670. The minimum atomic E-state index is -0.272. The number of carbonyl (C=O) groups excluding carboxylic acids is 1. The Morgan fingerprint density at radius 1 is 1.03 bits per heavy atom. The van der Waals surface area contributed by atoms with Crippen molar-refractivity contribution in [1.29, 1.82) is 0 Å². The summed E-state index contributed by atoms with van der Waals surface area (Å²) in [5, 5.41) is 3.51. The molecule has 3 aromatic carbocycles. The highest BCUT2D eigenvalue weighted by Gasteiger charge is 2.23. The fourth-order valence-electron chi connectivity index (χ4n) is 4.51. The van der Waals surface area contributed by atoms with Crippen molar-refractivity contribution in [2.75, 3.05) is 18.2 Å². The molecule has 0 fully saturated rings. The predicted octanol–water partition coefficient (Wildman–Crippen LogP) is 6.12. The van der Waals surface area contributed by atoms with E-state index in [0.717, 1.165) is 39.1 Å². The average Bonchev–Trinajstić information content (AvgIpc) is 3.22. The smallest absolute Gasteiger partial charge is 0.247 e. The summed E-state index contributed by atoms with van der Waals surface area (Å²) in [5.74, 6) is 2.00. The molecule has 0 bridgehead atoms. The molecule has 0 radical (unpaired) electrons. The van der Waals surface area contributed by atoms with E-state index in [9.17, 15) is 4.79 Å². The van der Waals surface area contributed by atoms with E-state index in [1.54, 1.807) is 7.11 Å². The molecule has 0 spiro atoms. The van der Waals surface area contributed by atoms with Gasteiger partial charge in [-0.25, -0.2) is 9.97 Å². The number of anilines is 2. The van der Waals surface area contributed by atoms with Gasteiger partial charge in [0.2, 0.25) is 5.91 Å². The Morgan fingerprint density at radius 2 is 1.79 bits per heavy atom. The number of carbonyl (C=O) groups is 1. The first kappa shape index (κ1) is 24.6. The van der Waals surface area contributed by atoms with E-state index in [1.807, 2.05) is 85.3 Å². The van der Waals surface area contributed by atoms with Crippen LogP contribution in [0.4, 0.5) is 11.5 Å². The van der Waals surface area contributed by atoms with Crippen molar-refractivity contribution in [3.8, 4) is 39.6 Å². The third-order valence-corrected chi connectivity index (χ3v) is 6.28. The van der Waals surface area contributed by atoms with Crippen molar-refractivity contribution in [2.45, 2.75) is 6.92 Å². The van der Waals surface area contributed by atoms with E-state index >= 15 is 0 Å². The first-order chi connectivity index (χ1) is 18.4. The first-order valence-electron chi connectivity index (χ1n) is 11.9. The molecule has 0 aliphatic rings. The molecule has 38 heavy (non-hydrogen) atoms. The second-order valence-electron chi connectivity index (χ2n) is 8.80. The predicted molar refractivity (Wildman–Crippen MR) is 150 cm³/mol. The molecule has 5 aromatic rings. The van der Waals surface area contributed by atoms with E-state index in [4.69, 9.17) is 15.2 Å². The summed E-state index contributed by atoms with van der Waals surface area (Å²) in [4.78, 5) is 20.5. The largest absolute Gasteiger partial charge is 0.493 e. The number of aromatic nitrogens is 3. The lowest BCUT2D eigenvalue weighted by Crippen LogP contribution is -2.06. The van der Waals surface area contributed by atoms with E-state index in [0.29, 0.717) is 28.7 Å². The van der Waals surface area contributed by atoms with E-state index in [2.05, 4.69) is 21.9 Å². The van der Waals surface area contributed by atoms with Crippen LogP contribution in [0.15, 0.2) is 85.7 Å². The molecular weight excluding hydrogens is 478 g/mol. The standard InChI is InChI=1S/C30H27N5O3/c1-5-25(36)34-21-12-9-19(10-13-21)28-26(27-29(31)32-17-33-30(27)35(28)3)20-11-14-23(24(16-20)37-4)38-22-8-6-7-18(2)15-22/h5-17H,1H2,2-4H3,(H,34,36)(H2,31,32,33). The van der Waals surface area contributed by atoms with E-state index in [1.165, 1.54) is 12.4 Å². The lowest BCUT2D eigenvalue weighted by molar-refractivity contribution is -0.111. The molecule has 0 aliphatic carbocycles. The second-order valence-corrected chi connectivity index (χ2v) is 8.80. The normalized spacial score (nSPS) is 10.8. The molecule has 190 valence electrons. The van der Waals surface area contributed by atoms with Gasteiger partial charge >= 0.3 is 0 Å². The molecule has 1 amide bonds. The van der Waals surface area contributed by atoms with Gasteiger partial charge in [0.25, 0.3) is 0 Å². The van der Waals surface area contributed by atoms with Crippen LogP contribution in [0, 0.1) is 6.92 Å². The quantitative estimate of drug-likeness (QED) is 0.258. The number of nitrogens with one attached hydrogen (secondary N) is 1. The number of ether oxygens (including phenoxy) is 2. The van der Waals surface area contributed by atoms with Gasteiger partial charge in [0.05, 0.1) is 18.2 Å². The molecule has 5 rings (SSSR count). The van der Waals surface area contributed by atoms with Crippen molar-refractivity contribution < 1.29 is 14.3 Å². The zero-order chi connectivity index (χ0) is 26.8. The molecule has 0 unspecified atom stereocenters. The fourth-order valence-corrected chi connectivity index (χ4v) is 4.51. The Hall–Kier alpha value is -5.11. The number of hydrogen-bond acceptors (Lipinski definition) is 6. The average molecular weight is 506 g/mol. The first-order valence-corrected chi connectivity index (χ1v) is 11.9. The topological polar surface area (TPSA) is 104 Å². The number of nitrogens with zero attached hydrogens (tertiary/aromatic N) is 3. The monoisotopic (exact) mass is 505 g/mol. The Balaban J connectivity index is 1.65. The lowest BCUT2D eigenvalue weighted by atomic mass is 9.98. The van der Waals surface area contributed by atoms with Crippen molar-refractivity contribution in [3.63, 3.8) is 0 Å². The Labute approximate surface area is 220 Å². The van der Waals surface area contributed by atoms with Crippen LogP contribution in [0.25, 0.3) is 33.4 Å². The molecule has 2 aromatic heterocycles. The van der Waals surface area contributed by atoms with Crippen molar-refractivity contribution in [3.05, 3.63) is 91.3 Å². The molecule has 8 heteroatoms. The van der Waals surface area contributed by atoms with Crippen LogP contribution in [0.1, 0.15) is 5.56 Å². The van der Waals surface area contributed by atoms with Gasteiger partial charge < -0.3 is 25.1 Å². The van der Waals surface area contributed by atoms with Crippen LogP contribution in [-0.2, 0) is 11.8 Å². The summed E-state index contributed by atoms with van der Waals surface area (Å²) in [6.07, 6.45) is 2.69. The third kappa shape index (κ3) is 4.55. The molecule has 0 saturated heterocycles. The molecule has 0 aliphatic heterocycles. The number of aryl methyl sites for hydroxylation is 2. The number of fused-ring (bicyclic) bond motifs is 1.